The monoisotopic (exact) mass is 532 g/mol. The number of alkyl halides is 3. The minimum absolute atomic E-state index is 0. The van der Waals surface area contributed by atoms with Crippen LogP contribution in [0.5, 0.6) is 5.75 Å². The molecule has 1 unspecified atom stereocenters. The summed E-state index contributed by atoms with van der Waals surface area (Å²) < 4.78 is 41.9. The number of anilines is 2. The number of nitriles is 1. The van der Waals surface area contributed by atoms with Crippen LogP contribution in [-0.4, -0.2) is 45.2 Å². The second-order valence-electron chi connectivity index (χ2n) is 7.08. The van der Waals surface area contributed by atoms with Crippen molar-refractivity contribution in [1.29, 1.82) is 5.26 Å². The zero-order chi connectivity index (χ0) is 24.5. The molecule has 14 heteroatoms. The molecule has 0 spiro atoms. The zero-order valence-electron chi connectivity index (χ0n) is 18.0. The fourth-order valence-electron chi connectivity index (χ4n) is 3.19. The minimum atomic E-state index is -4.83. The van der Waals surface area contributed by atoms with E-state index in [2.05, 4.69) is 28.8 Å². The van der Waals surface area contributed by atoms with Crippen molar-refractivity contribution in [3.8, 4) is 11.8 Å². The van der Waals surface area contributed by atoms with Crippen molar-refractivity contribution in [3.63, 3.8) is 0 Å². The van der Waals surface area contributed by atoms with Gasteiger partial charge in [-0.2, -0.15) is 5.26 Å². The molecule has 0 aliphatic heterocycles. The van der Waals surface area contributed by atoms with Crippen LogP contribution in [0.3, 0.4) is 0 Å². The van der Waals surface area contributed by atoms with Gasteiger partial charge in [-0.3, -0.25) is 18.9 Å². The van der Waals surface area contributed by atoms with Gasteiger partial charge in [-0.25, -0.2) is 9.97 Å². The van der Waals surface area contributed by atoms with E-state index in [0.717, 1.165) is 12.3 Å². The standard InChI is InChI=1S/C20H19F3N6O3S.Cr/c1-11-26-16-17(14(7-24)18(31)29(4)19(16)33-11)28(3)10-12(30)9-27(2)15-6-5-13(8-25-15)32-20(21,22)23;/h5-6,8,12,30H,2-3,9-10H2,1,4H3;/q-2;+2. The average Bonchev–Trinajstić information content (AvgIpc) is 3.10. The van der Waals surface area contributed by atoms with Gasteiger partial charge in [0.2, 0.25) is 0 Å². The maximum absolute atomic E-state index is 12.6. The van der Waals surface area contributed by atoms with Gasteiger partial charge in [-0.15, -0.1) is 24.5 Å². The van der Waals surface area contributed by atoms with Crippen LogP contribution >= 0.6 is 11.3 Å². The van der Waals surface area contributed by atoms with Crippen molar-refractivity contribution in [3.05, 3.63) is 53.3 Å². The molecule has 0 radical (unpaired) electrons. The molecular formula is C20H19CrF3N6O3S. The number of aryl methyl sites for hydroxylation is 2. The fraction of sp³-hybridized carbons (Fsp3) is 0.300. The van der Waals surface area contributed by atoms with E-state index in [0.29, 0.717) is 15.4 Å². The summed E-state index contributed by atoms with van der Waals surface area (Å²) >= 11 is 1.29. The van der Waals surface area contributed by atoms with Gasteiger partial charge >= 0.3 is 23.7 Å². The minimum Gasteiger partial charge on any atom is -0.520 e. The van der Waals surface area contributed by atoms with E-state index in [-0.39, 0.29) is 47.5 Å². The summed E-state index contributed by atoms with van der Waals surface area (Å²) in [6.45, 7) is 1.62. The number of halogens is 3. The third-order valence-corrected chi connectivity index (χ3v) is 5.62. The molecule has 1 N–H and O–H groups in total. The predicted molar refractivity (Wildman–Crippen MR) is 117 cm³/mol. The Labute approximate surface area is 207 Å². The molecule has 3 heterocycles. The molecule has 9 nitrogen and oxygen atoms in total. The van der Waals surface area contributed by atoms with Crippen molar-refractivity contribution in [2.24, 2.45) is 7.05 Å². The smallest absolute Gasteiger partial charge is 0.520 e. The molecule has 3 aromatic rings. The summed E-state index contributed by atoms with van der Waals surface area (Å²) in [5.74, 6) is -0.288. The van der Waals surface area contributed by atoms with E-state index < -0.39 is 23.8 Å². The van der Waals surface area contributed by atoms with E-state index in [1.54, 1.807) is 14.0 Å². The summed E-state index contributed by atoms with van der Waals surface area (Å²) in [6, 6.07) is 4.23. The van der Waals surface area contributed by atoms with Crippen LogP contribution < -0.4 is 20.1 Å². The van der Waals surface area contributed by atoms with Gasteiger partial charge in [-0.1, -0.05) is 0 Å². The van der Waals surface area contributed by atoms with Crippen LogP contribution in [0.25, 0.3) is 10.3 Å². The first-order chi connectivity index (χ1) is 15.4. The Balaban J connectivity index is 0.00000408. The topological polar surface area (TPSA) is 108 Å². The third-order valence-electron chi connectivity index (χ3n) is 4.57. The Morgan fingerprint density at radius 3 is 2.53 bits per heavy atom. The number of nitrogens with zero attached hydrogens (tertiary/aromatic N) is 6. The Bertz CT molecular complexity index is 1260. The van der Waals surface area contributed by atoms with Crippen molar-refractivity contribution in [1.82, 2.24) is 14.5 Å². The molecule has 0 amide bonds. The van der Waals surface area contributed by atoms with E-state index in [1.807, 2.05) is 6.07 Å². The first-order valence-electron chi connectivity index (χ1n) is 9.37. The summed E-state index contributed by atoms with van der Waals surface area (Å²) in [7, 11) is 9.16. The first-order valence-corrected chi connectivity index (χ1v) is 10.2. The molecule has 180 valence electrons. The molecule has 1 atom stereocenters. The summed E-state index contributed by atoms with van der Waals surface area (Å²) in [5.41, 5.74) is -0.0185. The molecule has 3 aromatic heterocycles. The van der Waals surface area contributed by atoms with Crippen molar-refractivity contribution in [2.45, 2.75) is 19.4 Å². The maximum atomic E-state index is 12.6. The van der Waals surface area contributed by atoms with E-state index >= 15 is 0 Å². The van der Waals surface area contributed by atoms with Gasteiger partial charge in [0.15, 0.2) is 0 Å². The number of hydrogen-bond donors (Lipinski definition) is 1. The number of rotatable bonds is 7. The number of ether oxygens (including phenoxy) is 1. The van der Waals surface area contributed by atoms with Gasteiger partial charge in [0.1, 0.15) is 27.7 Å². The summed E-state index contributed by atoms with van der Waals surface area (Å²) in [4.78, 5) is 24.0. The van der Waals surface area contributed by atoms with Crippen LogP contribution in [0.4, 0.5) is 24.7 Å². The van der Waals surface area contributed by atoms with Gasteiger partial charge in [0, 0.05) is 20.1 Å². The SMILES string of the molecule is [CH2-]N(CC(O)CN([CH2-])c1c(C#N)c(=O)n(C)c2sc(C)nc12)c1ccc(OC(F)(F)F)cn1.[Cr+2]. The van der Waals surface area contributed by atoms with Crippen LogP contribution in [0.1, 0.15) is 10.6 Å². The molecule has 0 aromatic carbocycles. The Kier molecular flexibility index (Phi) is 8.56. The zero-order valence-corrected chi connectivity index (χ0v) is 20.1. The predicted octanol–water partition coefficient (Wildman–Crippen LogP) is 2.72. The fourth-order valence-corrected chi connectivity index (χ4v) is 4.07. The number of thiazole rings is 1. The molecule has 0 bridgehead atoms. The first kappa shape index (κ1) is 27.4. The van der Waals surface area contributed by atoms with E-state index in [1.165, 1.54) is 31.8 Å². The summed E-state index contributed by atoms with van der Waals surface area (Å²) in [6.07, 6.45) is -5.01. The second kappa shape index (κ2) is 10.6. The molecule has 0 aliphatic carbocycles. The van der Waals surface area contributed by atoms with Gasteiger partial charge in [-0.05, 0) is 19.1 Å². The number of fused-ring (bicyclic) bond motifs is 1. The Morgan fingerprint density at radius 2 is 1.97 bits per heavy atom. The van der Waals surface area contributed by atoms with Gasteiger partial charge < -0.3 is 24.2 Å². The van der Waals surface area contributed by atoms with E-state index in [9.17, 15) is 28.3 Å². The number of aliphatic hydroxyl groups is 1. The molecule has 0 fully saturated rings. The van der Waals surface area contributed by atoms with Crippen LogP contribution in [0.2, 0.25) is 0 Å². The maximum Gasteiger partial charge on any atom is 2.00 e. The molecule has 0 saturated heterocycles. The number of pyridine rings is 2. The van der Waals surface area contributed by atoms with Crippen LogP contribution in [0, 0.1) is 32.4 Å². The average molecular weight is 532 g/mol. The van der Waals surface area contributed by atoms with Crippen LogP contribution in [0.15, 0.2) is 23.1 Å². The Morgan fingerprint density at radius 1 is 1.32 bits per heavy atom. The quantitative estimate of drug-likeness (QED) is 0.463. The summed E-state index contributed by atoms with van der Waals surface area (Å²) in [5, 5.41) is 20.8. The van der Waals surface area contributed by atoms with Crippen molar-refractivity contribution < 1.29 is 40.4 Å². The molecule has 34 heavy (non-hydrogen) atoms. The van der Waals surface area contributed by atoms with Crippen molar-refractivity contribution in [2.75, 3.05) is 22.9 Å². The third kappa shape index (κ3) is 5.99. The number of hydrogen-bond acceptors (Lipinski definition) is 9. The second-order valence-corrected chi connectivity index (χ2v) is 8.27. The van der Waals surface area contributed by atoms with Crippen molar-refractivity contribution >= 4 is 33.2 Å². The van der Waals surface area contributed by atoms with Crippen LogP contribution in [-0.2, 0) is 24.4 Å². The Hall–Kier alpha value is -2.84. The van der Waals surface area contributed by atoms with Gasteiger partial charge in [0.25, 0.3) is 5.56 Å². The molecular weight excluding hydrogens is 513 g/mol. The molecule has 0 aliphatic rings. The normalized spacial score (nSPS) is 12.1. The number of aliphatic hydroxyl groups excluding tert-OH is 1. The van der Waals surface area contributed by atoms with Gasteiger partial charge in [0.05, 0.1) is 28.8 Å². The largest absolute Gasteiger partial charge is 2.00 e. The molecule has 0 saturated carbocycles. The molecule has 3 rings (SSSR count). The van der Waals surface area contributed by atoms with E-state index in [4.69, 9.17) is 0 Å². The number of aromatic nitrogens is 3.